The number of hydrogen-bond acceptors (Lipinski definition) is 3. The van der Waals surface area contributed by atoms with E-state index in [0.29, 0.717) is 17.2 Å². The molecule has 0 aliphatic heterocycles. The monoisotopic (exact) mass is 444 g/mol. The van der Waals surface area contributed by atoms with E-state index in [4.69, 9.17) is 0 Å². The van der Waals surface area contributed by atoms with Crippen LogP contribution in [0.15, 0.2) is 103 Å². The van der Waals surface area contributed by atoms with Crippen molar-refractivity contribution in [3.05, 3.63) is 109 Å². The van der Waals surface area contributed by atoms with Gasteiger partial charge in [0.1, 0.15) is 0 Å². The van der Waals surface area contributed by atoms with Crippen molar-refractivity contribution >= 4 is 0 Å². The van der Waals surface area contributed by atoms with Crippen LogP contribution in [0.3, 0.4) is 0 Å². The van der Waals surface area contributed by atoms with E-state index in [1.807, 2.05) is 41.0 Å². The van der Waals surface area contributed by atoms with E-state index < -0.39 is 0 Å². The first-order chi connectivity index (χ1) is 16.4. The highest BCUT2D eigenvalue weighted by Crippen LogP contribution is 2.33. The summed E-state index contributed by atoms with van der Waals surface area (Å²) in [6.45, 7) is 6.66. The van der Waals surface area contributed by atoms with Crippen molar-refractivity contribution in [2.45, 2.75) is 26.2 Å². The topological polar surface area (TPSA) is 53.8 Å². The second kappa shape index (κ2) is 8.64. The van der Waals surface area contributed by atoms with Crippen LogP contribution in [0.4, 0.5) is 0 Å². The summed E-state index contributed by atoms with van der Waals surface area (Å²) in [5.74, 6) is 1.15. The van der Waals surface area contributed by atoms with Gasteiger partial charge in [-0.3, -0.25) is 4.57 Å². The number of rotatable bonds is 4. The largest absolute Gasteiger partial charge is 0.872 e. The number of benzene rings is 4. The molecule has 5 aromatic rings. The lowest BCUT2D eigenvalue weighted by atomic mass is 9.86. The number of para-hydroxylation sites is 2. The molecule has 0 bridgehead atoms. The molecular formula is C30H26N3O-. The van der Waals surface area contributed by atoms with E-state index in [-0.39, 0.29) is 11.2 Å². The normalized spacial score (nSPS) is 11.5. The van der Waals surface area contributed by atoms with Crippen molar-refractivity contribution in [1.82, 2.24) is 14.8 Å². The van der Waals surface area contributed by atoms with Crippen molar-refractivity contribution in [2.75, 3.05) is 0 Å². The first-order valence-electron chi connectivity index (χ1n) is 11.4. The Labute approximate surface area is 200 Å². The maximum Gasteiger partial charge on any atom is 0.168 e. The molecule has 5 rings (SSSR count). The zero-order chi connectivity index (χ0) is 23.7. The highest BCUT2D eigenvalue weighted by Gasteiger charge is 2.18. The molecule has 0 radical (unpaired) electrons. The molecule has 0 spiro atoms. The average molecular weight is 445 g/mol. The number of hydrogen-bond donors (Lipinski definition) is 0. The SMILES string of the molecule is CC(C)(C)c1ccc(-c2ccc(-c3nnc(-c4ccccc4[O-])n3-c3ccccc3)cc2)cc1. The lowest BCUT2D eigenvalue weighted by Crippen LogP contribution is -2.10. The van der Waals surface area contributed by atoms with Crippen LogP contribution in [-0.2, 0) is 5.41 Å². The maximum atomic E-state index is 12.6. The lowest BCUT2D eigenvalue weighted by molar-refractivity contribution is -0.267. The van der Waals surface area contributed by atoms with Crippen LogP contribution in [0, 0.1) is 0 Å². The summed E-state index contributed by atoms with van der Waals surface area (Å²) in [5, 5.41) is 21.5. The molecule has 0 amide bonds. The second-order valence-corrected chi connectivity index (χ2v) is 9.42. The van der Waals surface area contributed by atoms with Crippen molar-refractivity contribution in [1.29, 1.82) is 0 Å². The molecule has 1 heterocycles. The van der Waals surface area contributed by atoms with Gasteiger partial charge in [0, 0.05) is 16.8 Å². The minimum absolute atomic E-state index is 0.0762. The van der Waals surface area contributed by atoms with E-state index >= 15 is 0 Å². The van der Waals surface area contributed by atoms with Gasteiger partial charge in [-0.05, 0) is 34.2 Å². The minimum Gasteiger partial charge on any atom is -0.872 e. The Kier molecular flexibility index (Phi) is 5.50. The fourth-order valence-electron chi connectivity index (χ4n) is 4.09. The fourth-order valence-corrected chi connectivity index (χ4v) is 4.09. The number of nitrogens with zero attached hydrogens (tertiary/aromatic N) is 3. The summed E-state index contributed by atoms with van der Waals surface area (Å²) in [4.78, 5) is 0. The van der Waals surface area contributed by atoms with E-state index in [0.717, 1.165) is 16.8 Å². The standard InChI is InChI=1S/C30H27N3O/c1-30(2,3)24-19-17-22(18-20-24)21-13-15-23(16-14-21)28-31-32-29(26-11-7-8-12-27(26)34)33(28)25-9-5-4-6-10-25/h4-20,34H,1-3H3/p-1. The zero-order valence-corrected chi connectivity index (χ0v) is 19.6. The zero-order valence-electron chi connectivity index (χ0n) is 19.6. The van der Waals surface area contributed by atoms with Crippen LogP contribution in [-0.4, -0.2) is 14.8 Å². The van der Waals surface area contributed by atoms with E-state index in [1.165, 1.54) is 11.1 Å². The first kappa shape index (κ1) is 21.7. The molecule has 0 aliphatic rings. The van der Waals surface area contributed by atoms with Crippen molar-refractivity contribution in [2.24, 2.45) is 0 Å². The van der Waals surface area contributed by atoms with Gasteiger partial charge in [0.2, 0.25) is 0 Å². The van der Waals surface area contributed by atoms with Gasteiger partial charge in [-0.15, -0.1) is 10.2 Å². The summed E-state index contributed by atoms with van der Waals surface area (Å²) in [7, 11) is 0. The summed E-state index contributed by atoms with van der Waals surface area (Å²) in [6.07, 6.45) is 0. The highest BCUT2D eigenvalue weighted by atomic mass is 16.3. The van der Waals surface area contributed by atoms with Crippen molar-refractivity contribution in [3.8, 4) is 45.3 Å². The number of aromatic nitrogens is 3. The van der Waals surface area contributed by atoms with Gasteiger partial charge in [-0.2, -0.15) is 0 Å². The molecule has 1 aromatic heterocycles. The Balaban J connectivity index is 1.56. The first-order valence-corrected chi connectivity index (χ1v) is 11.4. The average Bonchev–Trinajstić information content (AvgIpc) is 3.29. The van der Waals surface area contributed by atoms with Crippen molar-refractivity contribution in [3.63, 3.8) is 0 Å². The van der Waals surface area contributed by atoms with Crippen LogP contribution in [0.25, 0.3) is 39.6 Å². The molecule has 0 N–H and O–H groups in total. The Morgan fingerprint density at radius 2 is 1.12 bits per heavy atom. The smallest absolute Gasteiger partial charge is 0.168 e. The van der Waals surface area contributed by atoms with Crippen LogP contribution < -0.4 is 5.11 Å². The van der Waals surface area contributed by atoms with Crippen molar-refractivity contribution < 1.29 is 5.11 Å². The molecular weight excluding hydrogens is 418 g/mol. The van der Waals surface area contributed by atoms with Gasteiger partial charge in [-0.25, -0.2) is 0 Å². The molecule has 0 aliphatic carbocycles. The Morgan fingerprint density at radius 1 is 0.588 bits per heavy atom. The van der Waals surface area contributed by atoms with Crippen LogP contribution in [0.5, 0.6) is 5.75 Å². The van der Waals surface area contributed by atoms with Gasteiger partial charge in [0.15, 0.2) is 11.6 Å². The minimum atomic E-state index is -0.0762. The third-order valence-electron chi connectivity index (χ3n) is 6.03. The molecule has 4 nitrogen and oxygen atoms in total. The maximum absolute atomic E-state index is 12.6. The van der Waals surface area contributed by atoms with Gasteiger partial charge < -0.3 is 5.11 Å². The predicted octanol–water partition coefficient (Wildman–Crippen LogP) is 6.64. The Bertz CT molecular complexity index is 1410. The van der Waals surface area contributed by atoms with E-state index in [1.54, 1.807) is 18.2 Å². The van der Waals surface area contributed by atoms with Crippen LogP contribution >= 0.6 is 0 Å². The predicted molar refractivity (Wildman–Crippen MR) is 136 cm³/mol. The Hall–Kier alpha value is -4.18. The third-order valence-corrected chi connectivity index (χ3v) is 6.03. The molecule has 4 aromatic carbocycles. The summed E-state index contributed by atoms with van der Waals surface area (Å²) in [6, 6.07) is 33.9. The molecule has 168 valence electrons. The van der Waals surface area contributed by atoms with Gasteiger partial charge in [0.25, 0.3) is 0 Å². The quantitative estimate of drug-likeness (QED) is 0.312. The second-order valence-electron chi connectivity index (χ2n) is 9.42. The molecule has 0 saturated carbocycles. The Morgan fingerprint density at radius 3 is 1.74 bits per heavy atom. The molecule has 0 saturated heterocycles. The molecule has 0 unspecified atom stereocenters. The molecule has 34 heavy (non-hydrogen) atoms. The van der Waals surface area contributed by atoms with Gasteiger partial charge in [-0.1, -0.05) is 118 Å². The molecule has 4 heteroatoms. The van der Waals surface area contributed by atoms with E-state index in [9.17, 15) is 5.11 Å². The van der Waals surface area contributed by atoms with E-state index in [2.05, 4.69) is 79.5 Å². The third kappa shape index (κ3) is 4.11. The van der Waals surface area contributed by atoms with Gasteiger partial charge in [0.05, 0.1) is 0 Å². The van der Waals surface area contributed by atoms with Crippen LogP contribution in [0.1, 0.15) is 26.3 Å². The fraction of sp³-hybridized carbons (Fsp3) is 0.133. The molecule has 0 fully saturated rings. The summed E-state index contributed by atoms with van der Waals surface area (Å²) < 4.78 is 1.95. The molecule has 0 atom stereocenters. The van der Waals surface area contributed by atoms with Crippen LogP contribution in [0.2, 0.25) is 0 Å². The highest BCUT2D eigenvalue weighted by molar-refractivity contribution is 5.72. The summed E-state index contributed by atoms with van der Waals surface area (Å²) >= 11 is 0. The lowest BCUT2D eigenvalue weighted by Gasteiger charge is -2.19. The van der Waals surface area contributed by atoms with Gasteiger partial charge >= 0.3 is 0 Å². The summed E-state index contributed by atoms with van der Waals surface area (Å²) in [5.41, 5.74) is 6.12.